The van der Waals surface area contributed by atoms with Gasteiger partial charge in [0.05, 0.1) is 25.2 Å². The van der Waals surface area contributed by atoms with E-state index >= 15 is 0 Å². The minimum Gasteiger partial charge on any atom is -0.497 e. The highest BCUT2D eigenvalue weighted by atomic mass is 16.5. The monoisotopic (exact) mass is 402 g/mol. The molecule has 0 spiro atoms. The van der Waals surface area contributed by atoms with E-state index in [1.807, 2.05) is 54.6 Å². The molecule has 1 N–H and O–H groups in total. The highest BCUT2D eigenvalue weighted by Gasteiger charge is 2.23. The van der Waals surface area contributed by atoms with E-state index in [0.717, 1.165) is 17.0 Å². The van der Waals surface area contributed by atoms with Crippen LogP contribution in [-0.2, 0) is 0 Å². The molecule has 0 saturated carbocycles. The van der Waals surface area contributed by atoms with Gasteiger partial charge in [0.15, 0.2) is 0 Å². The van der Waals surface area contributed by atoms with Crippen LogP contribution >= 0.6 is 0 Å². The lowest BCUT2D eigenvalue weighted by atomic mass is 10.1. The molecule has 1 amide bonds. The number of methoxy groups -OCH3 is 1. The van der Waals surface area contributed by atoms with Crippen LogP contribution in [-0.4, -0.2) is 39.4 Å². The van der Waals surface area contributed by atoms with Crippen LogP contribution in [0.3, 0.4) is 0 Å². The summed E-state index contributed by atoms with van der Waals surface area (Å²) in [5, 5.41) is 16.6. The van der Waals surface area contributed by atoms with Crippen LogP contribution in [0.2, 0.25) is 0 Å². The van der Waals surface area contributed by atoms with Gasteiger partial charge in [0, 0.05) is 0 Å². The Labute approximate surface area is 172 Å². The third kappa shape index (κ3) is 3.95. The van der Waals surface area contributed by atoms with Gasteiger partial charge in [-0.3, -0.25) is 4.79 Å². The largest absolute Gasteiger partial charge is 0.497 e. The van der Waals surface area contributed by atoms with Crippen molar-refractivity contribution in [2.45, 2.75) is 6.92 Å². The summed E-state index contributed by atoms with van der Waals surface area (Å²) in [4.78, 5) is 14.1. The van der Waals surface area contributed by atoms with Gasteiger partial charge in [0.25, 0.3) is 5.91 Å². The molecule has 0 bridgehead atoms. The Bertz CT molecular complexity index is 1180. The zero-order valence-corrected chi connectivity index (χ0v) is 16.3. The van der Waals surface area contributed by atoms with Crippen molar-refractivity contribution in [1.29, 1.82) is 0 Å². The van der Waals surface area contributed by atoms with Crippen molar-refractivity contribution in [2.75, 3.05) is 7.11 Å². The summed E-state index contributed by atoms with van der Waals surface area (Å²) < 4.78 is 10.3. The number of aryl methyl sites for hydroxylation is 1. The number of nitrogens with one attached hydrogen (secondary N) is 1. The molecule has 2 aromatic heterocycles. The Morgan fingerprint density at radius 1 is 1.17 bits per heavy atom. The van der Waals surface area contributed by atoms with Gasteiger partial charge >= 0.3 is 0 Å². The van der Waals surface area contributed by atoms with Gasteiger partial charge in [-0.15, -0.1) is 5.10 Å². The zero-order chi connectivity index (χ0) is 20.9. The molecule has 2 heterocycles. The third-order valence-corrected chi connectivity index (χ3v) is 4.31. The second-order valence-corrected chi connectivity index (χ2v) is 6.29. The number of aromatic nitrogens is 4. The Morgan fingerprint density at radius 3 is 2.67 bits per heavy atom. The van der Waals surface area contributed by atoms with Gasteiger partial charge in [0.1, 0.15) is 28.5 Å². The number of hydrazone groups is 1. The summed E-state index contributed by atoms with van der Waals surface area (Å²) in [5.41, 5.74) is 5.06. The molecule has 30 heavy (non-hydrogen) atoms. The van der Waals surface area contributed by atoms with Crippen molar-refractivity contribution in [2.24, 2.45) is 5.10 Å². The molecule has 0 aliphatic heterocycles. The van der Waals surface area contributed by atoms with Crippen LogP contribution < -0.4 is 10.2 Å². The van der Waals surface area contributed by atoms with Gasteiger partial charge in [0.2, 0.25) is 0 Å². The van der Waals surface area contributed by atoms with Crippen molar-refractivity contribution < 1.29 is 14.1 Å². The molecule has 4 aromatic rings. The van der Waals surface area contributed by atoms with Crippen LogP contribution in [0.4, 0.5) is 0 Å². The first kappa shape index (κ1) is 19.1. The summed E-state index contributed by atoms with van der Waals surface area (Å²) in [6.07, 6.45) is 3.06. The molecule has 0 fully saturated rings. The maximum absolute atomic E-state index is 12.7. The van der Waals surface area contributed by atoms with Crippen molar-refractivity contribution in [3.63, 3.8) is 0 Å². The molecule has 150 valence electrons. The Kier molecular flexibility index (Phi) is 5.33. The first-order chi connectivity index (χ1) is 14.7. The minimum atomic E-state index is -0.456. The summed E-state index contributed by atoms with van der Waals surface area (Å²) in [7, 11) is 1.60. The SMILES string of the molecule is COc1ccc(/C=N/NC(=O)c2c(-c3cnn(-c4ccccc4)n3)noc2C)cc1. The van der Waals surface area contributed by atoms with Crippen LogP contribution in [0, 0.1) is 6.92 Å². The van der Waals surface area contributed by atoms with Crippen LogP contribution in [0.1, 0.15) is 21.7 Å². The second kappa shape index (κ2) is 8.39. The van der Waals surface area contributed by atoms with Crippen LogP contribution in [0.25, 0.3) is 17.1 Å². The molecular weight excluding hydrogens is 384 g/mol. The number of carbonyl (C=O) groups excluding carboxylic acids is 1. The summed E-state index contributed by atoms with van der Waals surface area (Å²) >= 11 is 0. The number of rotatable bonds is 6. The topological polar surface area (TPSA) is 107 Å². The first-order valence-electron chi connectivity index (χ1n) is 9.07. The van der Waals surface area contributed by atoms with Gasteiger partial charge in [-0.1, -0.05) is 23.4 Å². The number of hydrogen-bond acceptors (Lipinski definition) is 7. The fourth-order valence-corrected chi connectivity index (χ4v) is 2.78. The number of nitrogens with zero attached hydrogens (tertiary/aromatic N) is 5. The molecule has 2 aromatic carbocycles. The number of ether oxygens (including phenoxy) is 1. The van der Waals surface area contributed by atoms with E-state index < -0.39 is 5.91 Å². The van der Waals surface area contributed by atoms with Gasteiger partial charge < -0.3 is 9.26 Å². The standard InChI is InChI=1S/C21H18N6O3/c1-14-19(21(28)24-22-12-15-8-10-17(29-2)11-9-15)20(26-30-14)18-13-23-27(25-18)16-6-4-3-5-7-16/h3-13H,1-2H3,(H,24,28)/b22-12+. The van der Waals surface area contributed by atoms with Gasteiger partial charge in [-0.25, -0.2) is 5.43 Å². The zero-order valence-electron chi connectivity index (χ0n) is 16.3. The molecule has 0 radical (unpaired) electrons. The van der Waals surface area contributed by atoms with E-state index in [1.165, 1.54) is 17.2 Å². The van der Waals surface area contributed by atoms with E-state index in [4.69, 9.17) is 9.26 Å². The quantitative estimate of drug-likeness (QED) is 0.392. The molecule has 9 heteroatoms. The van der Waals surface area contributed by atoms with Crippen LogP contribution in [0.15, 0.2) is 70.4 Å². The van der Waals surface area contributed by atoms with Gasteiger partial charge in [-0.2, -0.15) is 15.0 Å². The fraction of sp³-hybridized carbons (Fsp3) is 0.0952. The van der Waals surface area contributed by atoms with E-state index in [9.17, 15) is 4.79 Å². The number of para-hydroxylation sites is 1. The number of amides is 1. The lowest BCUT2D eigenvalue weighted by Gasteiger charge is -2.01. The highest BCUT2D eigenvalue weighted by molar-refractivity contribution is 6.00. The molecule has 4 rings (SSSR count). The number of hydrogen-bond donors (Lipinski definition) is 1. The average molecular weight is 402 g/mol. The number of benzene rings is 2. The van der Waals surface area contributed by atoms with E-state index in [2.05, 4.69) is 25.9 Å². The summed E-state index contributed by atoms with van der Waals surface area (Å²) in [6.45, 7) is 1.65. The van der Waals surface area contributed by atoms with Crippen molar-refractivity contribution in [1.82, 2.24) is 25.6 Å². The van der Waals surface area contributed by atoms with Crippen LogP contribution in [0.5, 0.6) is 5.75 Å². The van der Waals surface area contributed by atoms with Gasteiger partial charge in [-0.05, 0) is 48.9 Å². The highest BCUT2D eigenvalue weighted by Crippen LogP contribution is 2.23. The average Bonchev–Trinajstić information content (AvgIpc) is 3.41. The first-order valence-corrected chi connectivity index (χ1v) is 9.07. The lowest BCUT2D eigenvalue weighted by molar-refractivity contribution is 0.0954. The summed E-state index contributed by atoms with van der Waals surface area (Å²) in [6, 6.07) is 16.7. The maximum atomic E-state index is 12.7. The normalized spacial score (nSPS) is 11.0. The molecule has 0 aliphatic carbocycles. The molecular formula is C21H18N6O3. The smallest absolute Gasteiger partial charge is 0.277 e. The van der Waals surface area contributed by atoms with Crippen molar-refractivity contribution in [3.8, 4) is 22.8 Å². The predicted octanol–water partition coefficient (Wildman–Crippen LogP) is 3.00. The predicted molar refractivity (Wildman–Crippen MR) is 110 cm³/mol. The minimum absolute atomic E-state index is 0.252. The molecule has 0 atom stereocenters. The Morgan fingerprint density at radius 2 is 1.93 bits per heavy atom. The lowest BCUT2D eigenvalue weighted by Crippen LogP contribution is -2.19. The summed E-state index contributed by atoms with van der Waals surface area (Å²) in [5.74, 6) is 0.642. The second-order valence-electron chi connectivity index (χ2n) is 6.29. The maximum Gasteiger partial charge on any atom is 0.277 e. The molecule has 0 aliphatic rings. The fourth-order valence-electron chi connectivity index (χ4n) is 2.78. The van der Waals surface area contributed by atoms with E-state index in [-0.39, 0.29) is 5.56 Å². The third-order valence-electron chi connectivity index (χ3n) is 4.31. The Hall–Kier alpha value is -4.27. The Balaban J connectivity index is 1.52. The molecule has 9 nitrogen and oxygen atoms in total. The molecule has 0 unspecified atom stereocenters. The van der Waals surface area contributed by atoms with E-state index in [0.29, 0.717) is 17.1 Å². The molecule has 0 saturated heterocycles. The van der Waals surface area contributed by atoms with Crippen molar-refractivity contribution in [3.05, 3.63) is 77.7 Å². The van der Waals surface area contributed by atoms with E-state index in [1.54, 1.807) is 14.0 Å². The number of carbonyl (C=O) groups is 1. The van der Waals surface area contributed by atoms with Crippen molar-refractivity contribution >= 4 is 12.1 Å².